The van der Waals surface area contributed by atoms with Gasteiger partial charge < -0.3 is 14.9 Å². The Balaban J connectivity index is 1.31. The first-order valence-electron chi connectivity index (χ1n) is 13.6. The molecule has 0 spiro atoms. The number of alkyl halides is 1. The van der Waals surface area contributed by atoms with Crippen molar-refractivity contribution < 1.29 is 9.90 Å². The fourth-order valence-corrected chi connectivity index (χ4v) is 7.32. The van der Waals surface area contributed by atoms with E-state index in [-0.39, 0.29) is 9.96 Å². The number of rotatable bonds is 6. The Morgan fingerprint density at radius 3 is 2.46 bits per heavy atom. The van der Waals surface area contributed by atoms with Gasteiger partial charge in [-0.05, 0) is 50.1 Å². The summed E-state index contributed by atoms with van der Waals surface area (Å²) in [5, 5.41) is 16.9. The standard InChI is InChI=1S/C30H37ClIN5O2/c1-19-5-8-26(21(3)15-19)35-13-11-34(12-14-35)17-24(39)18-37-27-9-10-36(22(4)38)30(32)28(27)29(33-37)23-6-7-25(31)20(2)16-23/h5-8,15-16,24,30,39H,9-14,17-18H2,1-4H3. The van der Waals surface area contributed by atoms with Gasteiger partial charge in [0.25, 0.3) is 0 Å². The van der Waals surface area contributed by atoms with Crippen LogP contribution >= 0.6 is 34.2 Å². The number of carbonyl (C=O) groups is 1. The molecule has 0 saturated carbocycles. The molecule has 2 aliphatic rings. The fourth-order valence-electron chi connectivity index (χ4n) is 5.88. The highest BCUT2D eigenvalue weighted by Gasteiger charge is 2.34. The molecule has 5 rings (SSSR count). The molecule has 0 bridgehead atoms. The van der Waals surface area contributed by atoms with Gasteiger partial charge in [0.1, 0.15) is 4.05 Å². The van der Waals surface area contributed by atoms with Gasteiger partial charge in [0.2, 0.25) is 5.91 Å². The molecular formula is C30H37ClIN5O2. The van der Waals surface area contributed by atoms with Gasteiger partial charge in [-0.25, -0.2) is 0 Å². The Bertz CT molecular complexity index is 1370. The maximum absolute atomic E-state index is 12.3. The lowest BCUT2D eigenvalue weighted by Crippen LogP contribution is -2.49. The highest BCUT2D eigenvalue weighted by atomic mass is 127. The van der Waals surface area contributed by atoms with Crippen LogP contribution in [0, 0.1) is 20.8 Å². The number of piperazine rings is 1. The normalized spacial score (nSPS) is 18.8. The first-order valence-corrected chi connectivity index (χ1v) is 15.2. The van der Waals surface area contributed by atoms with Gasteiger partial charge >= 0.3 is 0 Å². The fraction of sp³-hybridized carbons (Fsp3) is 0.467. The number of hydrogen-bond acceptors (Lipinski definition) is 5. The summed E-state index contributed by atoms with van der Waals surface area (Å²) < 4.78 is 1.87. The van der Waals surface area contributed by atoms with Crippen molar-refractivity contribution in [3.63, 3.8) is 0 Å². The quantitative estimate of drug-likeness (QED) is 0.225. The molecule has 1 aromatic heterocycles. The second-order valence-electron chi connectivity index (χ2n) is 10.9. The summed E-state index contributed by atoms with van der Waals surface area (Å²) >= 11 is 8.65. The zero-order valence-electron chi connectivity index (χ0n) is 23.1. The van der Waals surface area contributed by atoms with Crippen molar-refractivity contribution >= 4 is 45.8 Å². The Kier molecular flexibility index (Phi) is 8.56. The Hall–Kier alpha value is -2.14. The Morgan fingerprint density at radius 1 is 1.05 bits per heavy atom. The minimum atomic E-state index is -0.542. The smallest absolute Gasteiger partial charge is 0.220 e. The molecule has 39 heavy (non-hydrogen) atoms. The van der Waals surface area contributed by atoms with Crippen LogP contribution in [-0.2, 0) is 17.8 Å². The van der Waals surface area contributed by atoms with Crippen molar-refractivity contribution in [3.8, 4) is 11.3 Å². The van der Waals surface area contributed by atoms with Crippen molar-refractivity contribution in [1.29, 1.82) is 0 Å². The van der Waals surface area contributed by atoms with Crippen LogP contribution in [0.4, 0.5) is 5.69 Å². The van der Waals surface area contributed by atoms with Crippen molar-refractivity contribution in [2.24, 2.45) is 0 Å². The third-order valence-corrected chi connectivity index (χ3v) is 9.67. The maximum atomic E-state index is 12.3. The number of anilines is 1. The number of nitrogens with zero attached hydrogens (tertiary/aromatic N) is 5. The van der Waals surface area contributed by atoms with E-state index < -0.39 is 6.10 Å². The van der Waals surface area contributed by atoms with E-state index in [1.807, 2.05) is 28.6 Å². The number of aliphatic hydroxyl groups excluding tert-OH is 1. The molecule has 0 radical (unpaired) electrons. The van der Waals surface area contributed by atoms with Crippen LogP contribution in [0.1, 0.15) is 38.9 Å². The van der Waals surface area contributed by atoms with Crippen LogP contribution in [0.15, 0.2) is 36.4 Å². The molecule has 9 heteroatoms. The number of fused-ring (bicyclic) bond motifs is 1. The van der Waals surface area contributed by atoms with E-state index in [1.165, 1.54) is 16.8 Å². The van der Waals surface area contributed by atoms with Gasteiger partial charge in [0, 0.05) is 80.1 Å². The summed E-state index contributed by atoms with van der Waals surface area (Å²) in [7, 11) is 0. The highest BCUT2D eigenvalue weighted by Crippen LogP contribution is 2.41. The summed E-state index contributed by atoms with van der Waals surface area (Å²) in [6.07, 6.45) is 0.176. The van der Waals surface area contributed by atoms with E-state index in [0.29, 0.717) is 19.6 Å². The molecule has 3 heterocycles. The van der Waals surface area contributed by atoms with Crippen molar-refractivity contribution in [2.75, 3.05) is 44.2 Å². The summed E-state index contributed by atoms with van der Waals surface area (Å²) in [5.41, 5.74) is 8.91. The average Bonchev–Trinajstić information content (AvgIpc) is 3.25. The minimum absolute atomic E-state index is 0.0612. The lowest BCUT2D eigenvalue weighted by Gasteiger charge is -2.37. The zero-order chi connectivity index (χ0) is 27.8. The number of aliphatic hydroxyl groups is 1. The van der Waals surface area contributed by atoms with Gasteiger partial charge in [-0.3, -0.25) is 14.4 Å². The van der Waals surface area contributed by atoms with Gasteiger partial charge in [-0.15, -0.1) is 0 Å². The number of benzene rings is 2. The van der Waals surface area contributed by atoms with Crippen LogP contribution in [0.25, 0.3) is 11.3 Å². The van der Waals surface area contributed by atoms with E-state index in [0.717, 1.165) is 65.7 Å². The third-order valence-electron chi connectivity index (χ3n) is 7.95. The number of hydrogen-bond donors (Lipinski definition) is 1. The number of aryl methyl sites for hydroxylation is 3. The molecule has 3 aromatic rings. The summed E-state index contributed by atoms with van der Waals surface area (Å²) in [5.74, 6) is 0.0612. The monoisotopic (exact) mass is 661 g/mol. The predicted molar refractivity (Wildman–Crippen MR) is 166 cm³/mol. The molecule has 1 fully saturated rings. The molecule has 2 unspecified atom stereocenters. The molecule has 2 aliphatic heterocycles. The second kappa shape index (κ2) is 11.8. The first kappa shape index (κ1) is 28.4. The maximum Gasteiger partial charge on any atom is 0.220 e. The van der Waals surface area contributed by atoms with Gasteiger partial charge in [-0.2, -0.15) is 5.10 Å². The molecule has 1 N–H and O–H groups in total. The summed E-state index contributed by atoms with van der Waals surface area (Å²) in [4.78, 5) is 19.0. The van der Waals surface area contributed by atoms with Crippen LogP contribution in [-0.4, -0.2) is 76.0 Å². The van der Waals surface area contributed by atoms with Crippen molar-refractivity contribution in [1.82, 2.24) is 19.6 Å². The highest BCUT2D eigenvalue weighted by molar-refractivity contribution is 14.1. The number of halogens is 2. The van der Waals surface area contributed by atoms with Crippen LogP contribution in [0.3, 0.4) is 0 Å². The first-order chi connectivity index (χ1) is 18.6. The van der Waals surface area contributed by atoms with Crippen molar-refractivity contribution in [3.05, 3.63) is 69.4 Å². The zero-order valence-corrected chi connectivity index (χ0v) is 26.0. The molecule has 7 nitrogen and oxygen atoms in total. The number of amides is 1. The minimum Gasteiger partial charge on any atom is -0.390 e. The van der Waals surface area contributed by atoms with Crippen LogP contribution < -0.4 is 4.90 Å². The van der Waals surface area contributed by atoms with E-state index in [1.54, 1.807) is 6.92 Å². The molecule has 1 amide bonds. The average molecular weight is 662 g/mol. The Morgan fingerprint density at radius 2 is 1.79 bits per heavy atom. The van der Waals surface area contributed by atoms with E-state index >= 15 is 0 Å². The molecule has 2 aromatic carbocycles. The second-order valence-corrected chi connectivity index (χ2v) is 12.5. The molecule has 208 valence electrons. The SMILES string of the molecule is CC(=O)N1CCc2c(c(-c3ccc(Cl)c(C)c3)nn2CC(O)CN2CCN(c3ccc(C)cc3C)CC2)C1I. The molecular weight excluding hydrogens is 625 g/mol. The Labute approximate surface area is 249 Å². The number of carbonyl (C=O) groups excluding carboxylic acids is 1. The summed E-state index contributed by atoms with van der Waals surface area (Å²) in [6, 6.07) is 12.6. The molecule has 1 saturated heterocycles. The van der Waals surface area contributed by atoms with E-state index in [4.69, 9.17) is 16.7 Å². The molecule has 2 atom stereocenters. The van der Waals surface area contributed by atoms with Crippen LogP contribution in [0.2, 0.25) is 5.02 Å². The number of aromatic nitrogens is 2. The van der Waals surface area contributed by atoms with E-state index in [9.17, 15) is 9.90 Å². The van der Waals surface area contributed by atoms with Gasteiger partial charge in [-0.1, -0.05) is 58.0 Å². The third kappa shape index (κ3) is 5.99. The number of β-amino-alcohol motifs (C(OH)–C–C–N with tert-alkyl or cyclic N) is 1. The lowest BCUT2D eigenvalue weighted by molar-refractivity contribution is -0.129. The lowest BCUT2D eigenvalue weighted by atomic mass is 9.99. The predicted octanol–water partition coefficient (Wildman–Crippen LogP) is 5.15. The van der Waals surface area contributed by atoms with Crippen molar-refractivity contribution in [2.45, 2.75) is 50.8 Å². The van der Waals surface area contributed by atoms with E-state index in [2.05, 4.69) is 70.5 Å². The largest absolute Gasteiger partial charge is 0.390 e. The van der Waals surface area contributed by atoms with Crippen LogP contribution in [0.5, 0.6) is 0 Å². The summed E-state index contributed by atoms with van der Waals surface area (Å²) in [6.45, 7) is 13.3. The topological polar surface area (TPSA) is 64.8 Å². The van der Waals surface area contributed by atoms with Gasteiger partial charge in [0.05, 0.1) is 18.3 Å². The molecule has 0 aliphatic carbocycles. The van der Waals surface area contributed by atoms with Gasteiger partial charge in [0.15, 0.2) is 0 Å².